The average molecular weight is 297 g/mol. The van der Waals surface area contributed by atoms with E-state index in [0.717, 1.165) is 24.2 Å². The molecule has 0 fully saturated rings. The third-order valence-corrected chi connectivity index (χ3v) is 4.65. The molecule has 0 saturated heterocycles. The molecule has 3 heterocycles. The number of anilines is 2. The summed E-state index contributed by atoms with van der Waals surface area (Å²) >= 11 is 5.99. The van der Waals surface area contributed by atoms with E-state index in [-0.39, 0.29) is 11.2 Å². The summed E-state index contributed by atoms with van der Waals surface area (Å²) in [6.45, 7) is 3.97. The lowest BCUT2D eigenvalue weighted by molar-refractivity contribution is -0.127. The van der Waals surface area contributed by atoms with Crippen molar-refractivity contribution >= 4 is 29.0 Å². The minimum atomic E-state index is -1.04. The van der Waals surface area contributed by atoms with Crippen molar-refractivity contribution in [2.75, 3.05) is 23.4 Å². The maximum atomic E-state index is 12.8. The van der Waals surface area contributed by atoms with Gasteiger partial charge in [-0.1, -0.05) is 0 Å². The van der Waals surface area contributed by atoms with Crippen LogP contribution in [0.2, 0.25) is 5.28 Å². The van der Waals surface area contributed by atoms with Gasteiger partial charge in [-0.05, 0) is 38.3 Å². The number of likely N-dealkylation sites (N-methyl/N-ethyl adjacent to an activating group) is 1. The van der Waals surface area contributed by atoms with E-state index in [4.69, 9.17) is 11.6 Å². The lowest BCUT2D eigenvalue weighted by atomic mass is 9.87. The van der Waals surface area contributed by atoms with E-state index < -0.39 is 11.6 Å². The molecule has 1 aromatic rings. The molecule has 0 spiro atoms. The zero-order chi connectivity index (χ0) is 14.7. The van der Waals surface area contributed by atoms with Crippen LogP contribution in [-0.4, -0.2) is 46.2 Å². The standard InChI is InChI=1S/C13H17ClN4O2/c1-7(19)13(2)11(20)18-6-4-5-8-9(18)10(17(13)3)16-12(14)15-8/h7,19H,4-6H2,1-3H3/t7-,13?/m0/s1. The molecule has 0 saturated carbocycles. The van der Waals surface area contributed by atoms with Gasteiger partial charge in [0.05, 0.1) is 11.8 Å². The predicted octanol–water partition coefficient (Wildman–Crippen LogP) is 0.998. The first-order chi connectivity index (χ1) is 9.37. The summed E-state index contributed by atoms with van der Waals surface area (Å²) in [5.74, 6) is 0.497. The minimum Gasteiger partial charge on any atom is -0.390 e. The van der Waals surface area contributed by atoms with E-state index in [2.05, 4.69) is 9.97 Å². The maximum absolute atomic E-state index is 12.8. The number of halogens is 1. The Labute approximate surface area is 122 Å². The molecule has 3 rings (SSSR count). The lowest BCUT2D eigenvalue weighted by Gasteiger charge is -2.49. The monoisotopic (exact) mass is 296 g/mol. The molecule has 7 heteroatoms. The highest BCUT2D eigenvalue weighted by Gasteiger charge is 2.51. The van der Waals surface area contributed by atoms with Crippen LogP contribution in [0.5, 0.6) is 0 Å². The van der Waals surface area contributed by atoms with Crippen LogP contribution in [0, 0.1) is 0 Å². The molecule has 20 heavy (non-hydrogen) atoms. The summed E-state index contributed by atoms with van der Waals surface area (Å²) in [6.07, 6.45) is 0.797. The molecule has 0 bridgehead atoms. The Hall–Kier alpha value is -1.40. The van der Waals surface area contributed by atoms with Crippen molar-refractivity contribution < 1.29 is 9.90 Å². The normalized spacial score (nSPS) is 26.6. The number of nitrogens with zero attached hydrogens (tertiary/aromatic N) is 4. The summed E-state index contributed by atoms with van der Waals surface area (Å²) in [5.41, 5.74) is 0.504. The smallest absolute Gasteiger partial charge is 0.255 e. The second kappa shape index (κ2) is 4.30. The van der Waals surface area contributed by atoms with Crippen LogP contribution in [0.3, 0.4) is 0 Å². The molecule has 6 nitrogen and oxygen atoms in total. The fourth-order valence-electron chi connectivity index (χ4n) is 2.96. The van der Waals surface area contributed by atoms with E-state index in [0.29, 0.717) is 12.4 Å². The van der Waals surface area contributed by atoms with E-state index in [1.807, 2.05) is 0 Å². The number of hydrogen-bond donors (Lipinski definition) is 1. The first-order valence-corrected chi connectivity index (χ1v) is 7.05. The highest BCUT2D eigenvalue weighted by Crippen LogP contribution is 2.43. The number of carbonyl (C=O) groups excluding carboxylic acids is 1. The van der Waals surface area contributed by atoms with Gasteiger partial charge in [0.2, 0.25) is 5.28 Å². The van der Waals surface area contributed by atoms with Gasteiger partial charge in [-0.25, -0.2) is 4.98 Å². The second-order valence-corrected chi connectivity index (χ2v) is 5.89. The van der Waals surface area contributed by atoms with Crippen molar-refractivity contribution in [1.82, 2.24) is 9.97 Å². The predicted molar refractivity (Wildman–Crippen MR) is 76.2 cm³/mol. The highest BCUT2D eigenvalue weighted by molar-refractivity contribution is 6.28. The molecule has 1 N–H and O–H groups in total. The van der Waals surface area contributed by atoms with Crippen molar-refractivity contribution in [3.05, 3.63) is 11.0 Å². The number of amides is 1. The zero-order valence-electron chi connectivity index (χ0n) is 11.7. The van der Waals surface area contributed by atoms with Gasteiger partial charge in [-0.2, -0.15) is 4.98 Å². The van der Waals surface area contributed by atoms with Gasteiger partial charge in [0, 0.05) is 13.6 Å². The molecule has 108 valence electrons. The summed E-state index contributed by atoms with van der Waals surface area (Å²) < 4.78 is 0. The summed E-state index contributed by atoms with van der Waals surface area (Å²) in [4.78, 5) is 24.7. The zero-order valence-corrected chi connectivity index (χ0v) is 12.5. The summed E-state index contributed by atoms with van der Waals surface area (Å²) in [5, 5.41) is 10.3. The van der Waals surface area contributed by atoms with Crippen LogP contribution >= 0.6 is 11.6 Å². The number of aromatic nitrogens is 2. The first kappa shape index (κ1) is 13.6. The molecule has 1 amide bonds. The quantitative estimate of drug-likeness (QED) is 0.783. The van der Waals surface area contributed by atoms with Crippen LogP contribution in [0.4, 0.5) is 11.5 Å². The van der Waals surface area contributed by atoms with Crippen molar-refractivity contribution in [2.45, 2.75) is 38.3 Å². The SMILES string of the molecule is C[C@H](O)C1(C)C(=O)N2CCCc3nc(Cl)nc(c32)N1C. The number of aliphatic hydroxyl groups excluding tert-OH is 1. The Bertz CT molecular complexity index is 592. The number of hydrogen-bond acceptors (Lipinski definition) is 5. The fourth-order valence-corrected chi connectivity index (χ4v) is 3.14. The molecule has 0 radical (unpaired) electrons. The van der Waals surface area contributed by atoms with Gasteiger partial charge >= 0.3 is 0 Å². The Morgan fingerprint density at radius 1 is 1.45 bits per heavy atom. The topological polar surface area (TPSA) is 69.6 Å². The van der Waals surface area contributed by atoms with E-state index in [1.165, 1.54) is 0 Å². The first-order valence-electron chi connectivity index (χ1n) is 6.67. The molecule has 1 unspecified atom stereocenters. The molecule has 2 aliphatic rings. The molecule has 2 atom stereocenters. The third kappa shape index (κ3) is 1.58. The molecule has 1 aromatic heterocycles. The van der Waals surface area contributed by atoms with Gasteiger partial charge in [-0.3, -0.25) is 4.79 Å². The Morgan fingerprint density at radius 3 is 2.80 bits per heavy atom. The van der Waals surface area contributed by atoms with Crippen molar-refractivity contribution in [2.24, 2.45) is 0 Å². The third-order valence-electron chi connectivity index (χ3n) is 4.48. The van der Waals surface area contributed by atoms with E-state index in [9.17, 15) is 9.90 Å². The number of carbonyl (C=O) groups is 1. The van der Waals surface area contributed by atoms with Crippen molar-refractivity contribution in [3.63, 3.8) is 0 Å². The highest BCUT2D eigenvalue weighted by atomic mass is 35.5. The van der Waals surface area contributed by atoms with E-state index in [1.54, 1.807) is 30.7 Å². The van der Waals surface area contributed by atoms with Gasteiger partial charge in [0.15, 0.2) is 5.82 Å². The van der Waals surface area contributed by atoms with Gasteiger partial charge in [0.1, 0.15) is 11.2 Å². The number of rotatable bonds is 1. The molecule has 2 aliphatic heterocycles. The lowest BCUT2D eigenvalue weighted by Crippen LogP contribution is -2.66. The van der Waals surface area contributed by atoms with Gasteiger partial charge < -0.3 is 14.9 Å². The van der Waals surface area contributed by atoms with Gasteiger partial charge in [-0.15, -0.1) is 0 Å². The molecular formula is C13H17ClN4O2. The second-order valence-electron chi connectivity index (χ2n) is 5.55. The van der Waals surface area contributed by atoms with Gasteiger partial charge in [0.25, 0.3) is 5.91 Å². The molecule has 0 aliphatic carbocycles. The largest absolute Gasteiger partial charge is 0.390 e. The average Bonchev–Trinajstić information content (AvgIpc) is 2.41. The fraction of sp³-hybridized carbons (Fsp3) is 0.615. The summed E-state index contributed by atoms with van der Waals surface area (Å²) in [6, 6.07) is 0. The Morgan fingerprint density at radius 2 is 2.15 bits per heavy atom. The van der Waals surface area contributed by atoms with Crippen LogP contribution in [0.25, 0.3) is 0 Å². The molecule has 0 aromatic carbocycles. The van der Waals surface area contributed by atoms with Crippen molar-refractivity contribution in [3.8, 4) is 0 Å². The van der Waals surface area contributed by atoms with Crippen LogP contribution in [0.15, 0.2) is 0 Å². The van der Waals surface area contributed by atoms with Crippen LogP contribution in [-0.2, 0) is 11.2 Å². The molecular weight excluding hydrogens is 280 g/mol. The van der Waals surface area contributed by atoms with Crippen molar-refractivity contribution in [1.29, 1.82) is 0 Å². The Kier molecular flexibility index (Phi) is 2.92. The maximum Gasteiger partial charge on any atom is 0.255 e. The summed E-state index contributed by atoms with van der Waals surface area (Å²) in [7, 11) is 1.76. The number of aryl methyl sites for hydroxylation is 1. The van der Waals surface area contributed by atoms with E-state index >= 15 is 0 Å². The minimum absolute atomic E-state index is 0.116. The Balaban J connectivity index is 2.27. The van der Waals surface area contributed by atoms with Crippen LogP contribution in [0.1, 0.15) is 26.0 Å². The van der Waals surface area contributed by atoms with Crippen LogP contribution < -0.4 is 9.80 Å². The number of aliphatic hydroxyl groups is 1.